The second-order valence-electron chi connectivity index (χ2n) is 3.44. The molecule has 0 aliphatic rings. The van der Waals surface area contributed by atoms with Crippen molar-refractivity contribution in [3.8, 4) is 0 Å². The molecule has 96 valence electrons. The van der Waals surface area contributed by atoms with Gasteiger partial charge in [-0.25, -0.2) is 14.3 Å². The molecule has 2 heterocycles. The number of carbonyl (C=O) groups excluding carboxylic acids is 1. The first-order valence-electron chi connectivity index (χ1n) is 5.32. The molecule has 0 fully saturated rings. The fourth-order valence-electron chi connectivity index (χ4n) is 1.35. The molecule has 0 aliphatic heterocycles. The van der Waals surface area contributed by atoms with Gasteiger partial charge >= 0.3 is 6.09 Å². The van der Waals surface area contributed by atoms with Crippen LogP contribution in [0, 0.1) is 0 Å². The zero-order valence-electron chi connectivity index (χ0n) is 10.1. The molecule has 0 bridgehead atoms. The molecule has 2 aromatic rings. The lowest BCUT2D eigenvalue weighted by atomic mass is 10.2. The number of hydrogen-bond donors (Lipinski definition) is 1. The van der Waals surface area contributed by atoms with Crippen molar-refractivity contribution >= 4 is 23.6 Å². The van der Waals surface area contributed by atoms with Crippen LogP contribution >= 0.6 is 11.8 Å². The largest absolute Gasteiger partial charge is 0.449 e. The molecule has 18 heavy (non-hydrogen) atoms. The number of fused-ring (bicyclic) bond motifs is 1. The maximum Gasteiger partial charge on any atom is 0.406 e. The number of aromatic nitrogens is 4. The van der Waals surface area contributed by atoms with E-state index in [2.05, 4.69) is 20.4 Å². The predicted octanol–water partition coefficient (Wildman–Crippen LogP) is 0.745. The van der Waals surface area contributed by atoms with Crippen LogP contribution in [0.2, 0.25) is 0 Å². The van der Waals surface area contributed by atoms with Gasteiger partial charge in [-0.1, -0.05) is 11.8 Å². The Balaban J connectivity index is 2.03. The van der Waals surface area contributed by atoms with Gasteiger partial charge in [0.15, 0.2) is 0 Å². The summed E-state index contributed by atoms with van der Waals surface area (Å²) in [4.78, 5) is 19.3. The Morgan fingerprint density at radius 3 is 3.17 bits per heavy atom. The average molecular weight is 267 g/mol. The van der Waals surface area contributed by atoms with Crippen LogP contribution in [0.1, 0.15) is 5.56 Å². The lowest BCUT2D eigenvalue weighted by molar-refractivity contribution is 0.150. The molecule has 0 aromatic carbocycles. The number of nitrogens with one attached hydrogen (secondary N) is 1. The molecular formula is C10H13N5O2S. The average Bonchev–Trinajstić information content (AvgIpc) is 2.80. The summed E-state index contributed by atoms with van der Waals surface area (Å²) in [7, 11) is 1.52. The highest BCUT2D eigenvalue weighted by molar-refractivity contribution is 7.98. The van der Waals surface area contributed by atoms with Gasteiger partial charge in [-0.15, -0.1) is 5.10 Å². The number of alkyl carbamates (subject to hydrolysis) is 1. The molecule has 0 saturated heterocycles. The predicted molar refractivity (Wildman–Crippen MR) is 66.7 cm³/mol. The summed E-state index contributed by atoms with van der Waals surface area (Å²) < 4.78 is 6.53. The van der Waals surface area contributed by atoms with Crippen LogP contribution in [-0.4, -0.2) is 45.6 Å². The first kappa shape index (κ1) is 12.6. The van der Waals surface area contributed by atoms with E-state index < -0.39 is 6.09 Å². The molecule has 8 heteroatoms. The monoisotopic (exact) mass is 267 g/mol. The Hall–Kier alpha value is -1.83. The lowest BCUT2D eigenvalue weighted by Crippen LogP contribution is -2.20. The molecule has 1 amide bonds. The van der Waals surface area contributed by atoms with Crippen LogP contribution in [0.25, 0.3) is 5.78 Å². The van der Waals surface area contributed by atoms with Crippen LogP contribution in [0.15, 0.2) is 17.6 Å². The topological polar surface area (TPSA) is 81.4 Å². The van der Waals surface area contributed by atoms with Crippen molar-refractivity contribution in [2.75, 3.05) is 19.9 Å². The third-order valence-electron chi connectivity index (χ3n) is 2.24. The number of nitrogens with zero attached hydrogens (tertiary/aromatic N) is 4. The quantitative estimate of drug-likeness (QED) is 0.823. The summed E-state index contributed by atoms with van der Waals surface area (Å²) in [5.74, 6) is 0.565. The summed E-state index contributed by atoms with van der Waals surface area (Å²) in [6.45, 7) is 0.303. The second kappa shape index (κ2) is 5.67. The second-order valence-corrected chi connectivity index (χ2v) is 4.21. The van der Waals surface area contributed by atoms with Gasteiger partial charge < -0.3 is 10.1 Å². The number of amides is 1. The molecule has 2 aromatic heterocycles. The van der Waals surface area contributed by atoms with Crippen molar-refractivity contribution in [3.63, 3.8) is 0 Å². The maximum atomic E-state index is 10.9. The van der Waals surface area contributed by atoms with Gasteiger partial charge in [0.05, 0.1) is 6.61 Å². The Bertz CT molecular complexity index is 556. The van der Waals surface area contributed by atoms with Gasteiger partial charge in [0.2, 0.25) is 5.16 Å². The third-order valence-corrected chi connectivity index (χ3v) is 2.78. The zero-order valence-corrected chi connectivity index (χ0v) is 10.9. The van der Waals surface area contributed by atoms with Crippen LogP contribution < -0.4 is 5.32 Å². The Morgan fingerprint density at radius 1 is 1.61 bits per heavy atom. The highest BCUT2D eigenvalue weighted by Gasteiger charge is 2.05. The molecule has 0 atom stereocenters. The first-order valence-corrected chi connectivity index (χ1v) is 6.55. The maximum absolute atomic E-state index is 10.9. The van der Waals surface area contributed by atoms with Crippen LogP contribution in [0.4, 0.5) is 4.79 Å². The van der Waals surface area contributed by atoms with Gasteiger partial charge in [-0.05, 0) is 11.8 Å². The Labute approximate surface area is 108 Å². The molecule has 7 nitrogen and oxygen atoms in total. The van der Waals surface area contributed by atoms with Crippen molar-refractivity contribution in [1.82, 2.24) is 24.9 Å². The zero-order chi connectivity index (χ0) is 13.0. The summed E-state index contributed by atoms with van der Waals surface area (Å²) in [6.07, 6.45) is 5.61. The molecule has 2 rings (SSSR count). The van der Waals surface area contributed by atoms with Gasteiger partial charge in [0.1, 0.15) is 0 Å². The Morgan fingerprint density at radius 2 is 2.44 bits per heavy atom. The number of ether oxygens (including phenoxy) is 1. The van der Waals surface area contributed by atoms with E-state index in [9.17, 15) is 4.79 Å². The smallest absolute Gasteiger partial charge is 0.406 e. The number of thioether (sulfide) groups is 1. The van der Waals surface area contributed by atoms with E-state index >= 15 is 0 Å². The van der Waals surface area contributed by atoms with Crippen molar-refractivity contribution in [1.29, 1.82) is 0 Å². The summed E-state index contributed by atoms with van der Waals surface area (Å²) >= 11 is 1.46. The molecular weight excluding hydrogens is 254 g/mol. The summed E-state index contributed by atoms with van der Waals surface area (Å²) in [6, 6.07) is 0. The normalized spacial score (nSPS) is 10.6. The summed E-state index contributed by atoms with van der Waals surface area (Å²) in [5, 5.41) is 7.30. The van der Waals surface area contributed by atoms with Crippen molar-refractivity contribution < 1.29 is 9.53 Å². The highest BCUT2D eigenvalue weighted by Crippen LogP contribution is 2.10. The number of hydrogen-bond acceptors (Lipinski definition) is 6. The minimum absolute atomic E-state index is 0.303. The molecule has 0 saturated carbocycles. The minimum atomic E-state index is -0.436. The SMILES string of the molecule is CNC(=O)OCCc1cnc2nc(SC)nn2c1. The molecule has 1 N–H and O–H groups in total. The van der Waals surface area contributed by atoms with E-state index in [0.717, 1.165) is 5.56 Å². The van der Waals surface area contributed by atoms with Gasteiger partial charge in [-0.2, -0.15) is 4.98 Å². The van der Waals surface area contributed by atoms with E-state index in [1.165, 1.54) is 18.8 Å². The first-order chi connectivity index (χ1) is 8.72. The van der Waals surface area contributed by atoms with Crippen molar-refractivity contribution in [3.05, 3.63) is 18.0 Å². The van der Waals surface area contributed by atoms with E-state index in [4.69, 9.17) is 4.74 Å². The standard InChI is InChI=1S/C10H13N5O2S/c1-11-10(16)17-4-3-7-5-12-8-13-9(18-2)14-15(8)6-7/h5-6H,3-4H2,1-2H3,(H,11,16). The lowest BCUT2D eigenvalue weighted by Gasteiger charge is -2.03. The van der Waals surface area contributed by atoms with E-state index in [1.807, 2.05) is 12.5 Å². The van der Waals surface area contributed by atoms with E-state index in [-0.39, 0.29) is 0 Å². The van der Waals surface area contributed by atoms with E-state index in [0.29, 0.717) is 24.0 Å². The van der Waals surface area contributed by atoms with Gasteiger partial charge in [0.25, 0.3) is 5.78 Å². The number of carbonyl (C=O) groups is 1. The minimum Gasteiger partial charge on any atom is -0.449 e. The molecule has 0 unspecified atom stereocenters. The van der Waals surface area contributed by atoms with Crippen molar-refractivity contribution in [2.45, 2.75) is 11.6 Å². The Kier molecular flexibility index (Phi) is 3.98. The van der Waals surface area contributed by atoms with E-state index in [1.54, 1.807) is 10.7 Å². The van der Waals surface area contributed by atoms with Gasteiger partial charge in [-0.3, -0.25) is 0 Å². The molecule has 0 spiro atoms. The molecule has 0 radical (unpaired) electrons. The molecule has 0 aliphatic carbocycles. The van der Waals surface area contributed by atoms with Crippen LogP contribution in [-0.2, 0) is 11.2 Å². The van der Waals surface area contributed by atoms with Gasteiger partial charge in [0, 0.05) is 25.9 Å². The van der Waals surface area contributed by atoms with Crippen LogP contribution in [0.3, 0.4) is 0 Å². The fourth-order valence-corrected chi connectivity index (χ4v) is 1.69. The highest BCUT2D eigenvalue weighted by atomic mass is 32.2. The third kappa shape index (κ3) is 2.89. The van der Waals surface area contributed by atoms with Crippen molar-refractivity contribution in [2.24, 2.45) is 0 Å². The number of rotatable bonds is 4. The fraction of sp³-hybridized carbons (Fsp3) is 0.400. The van der Waals surface area contributed by atoms with Crippen LogP contribution in [0.5, 0.6) is 0 Å². The summed E-state index contributed by atoms with van der Waals surface area (Å²) in [5.41, 5.74) is 0.934.